The standard InChI is InChI=1S/C14H13F2NO5/c15-14(16)22-10-5-2-1-4-9(10)13(20)21-8-12(19)17-7-3-6-11(17)18/h1-2,4-5,14H,3,6-8H2. The number of hydrogen-bond acceptors (Lipinski definition) is 5. The van der Waals surface area contributed by atoms with Gasteiger partial charge in [0.15, 0.2) is 6.61 Å². The van der Waals surface area contributed by atoms with Crippen LogP contribution in [0.15, 0.2) is 24.3 Å². The molecule has 1 aliphatic heterocycles. The summed E-state index contributed by atoms with van der Waals surface area (Å²) in [6.07, 6.45) is 0.855. The highest BCUT2D eigenvalue weighted by molar-refractivity contribution is 5.99. The molecule has 0 unspecified atom stereocenters. The fourth-order valence-electron chi connectivity index (χ4n) is 2.03. The van der Waals surface area contributed by atoms with E-state index in [9.17, 15) is 23.2 Å². The molecule has 0 N–H and O–H groups in total. The van der Waals surface area contributed by atoms with Gasteiger partial charge in [-0.05, 0) is 18.6 Å². The molecule has 22 heavy (non-hydrogen) atoms. The third-order valence-corrected chi connectivity index (χ3v) is 3.02. The normalized spacial score (nSPS) is 14.3. The predicted molar refractivity (Wildman–Crippen MR) is 69.3 cm³/mol. The minimum atomic E-state index is -3.09. The number of halogens is 2. The summed E-state index contributed by atoms with van der Waals surface area (Å²) in [6, 6.07) is 5.30. The van der Waals surface area contributed by atoms with E-state index in [4.69, 9.17) is 4.74 Å². The molecule has 0 radical (unpaired) electrons. The molecule has 2 rings (SSSR count). The Morgan fingerprint density at radius 2 is 2.00 bits per heavy atom. The first-order valence-electron chi connectivity index (χ1n) is 6.53. The van der Waals surface area contributed by atoms with E-state index in [1.165, 1.54) is 24.3 Å². The van der Waals surface area contributed by atoms with Crippen LogP contribution < -0.4 is 4.74 Å². The summed E-state index contributed by atoms with van der Waals surface area (Å²) in [6.45, 7) is -3.42. The van der Waals surface area contributed by atoms with Crippen LogP contribution in [0.2, 0.25) is 0 Å². The summed E-state index contributed by atoms with van der Waals surface area (Å²) in [4.78, 5) is 36.0. The summed E-state index contributed by atoms with van der Waals surface area (Å²) in [5.41, 5.74) is -0.219. The molecule has 1 aromatic rings. The van der Waals surface area contributed by atoms with Gasteiger partial charge in [0.2, 0.25) is 5.91 Å². The number of hydrogen-bond donors (Lipinski definition) is 0. The zero-order valence-electron chi connectivity index (χ0n) is 11.5. The third-order valence-electron chi connectivity index (χ3n) is 3.02. The fraction of sp³-hybridized carbons (Fsp3) is 0.357. The SMILES string of the molecule is O=C(OCC(=O)N1CCCC1=O)c1ccccc1OC(F)F. The monoisotopic (exact) mass is 313 g/mol. The largest absolute Gasteiger partial charge is 0.452 e. The van der Waals surface area contributed by atoms with Gasteiger partial charge in [0.1, 0.15) is 11.3 Å². The van der Waals surface area contributed by atoms with Gasteiger partial charge in [-0.1, -0.05) is 12.1 Å². The van der Waals surface area contributed by atoms with Crippen LogP contribution >= 0.6 is 0 Å². The van der Waals surface area contributed by atoms with E-state index < -0.39 is 25.1 Å². The van der Waals surface area contributed by atoms with Crippen molar-refractivity contribution in [3.63, 3.8) is 0 Å². The lowest BCUT2D eigenvalue weighted by atomic mass is 10.2. The number of likely N-dealkylation sites (tertiary alicyclic amines) is 1. The molecule has 0 spiro atoms. The van der Waals surface area contributed by atoms with Gasteiger partial charge in [-0.15, -0.1) is 0 Å². The molecule has 8 heteroatoms. The maximum atomic E-state index is 12.3. The van der Waals surface area contributed by atoms with Crippen LogP contribution in [-0.4, -0.2) is 42.4 Å². The number of ether oxygens (including phenoxy) is 2. The lowest BCUT2D eigenvalue weighted by Crippen LogP contribution is -2.35. The van der Waals surface area contributed by atoms with Gasteiger partial charge in [0.25, 0.3) is 5.91 Å². The summed E-state index contributed by atoms with van der Waals surface area (Å²) < 4.78 is 33.5. The van der Waals surface area contributed by atoms with Gasteiger partial charge < -0.3 is 9.47 Å². The van der Waals surface area contributed by atoms with Gasteiger partial charge >= 0.3 is 12.6 Å². The summed E-state index contributed by atoms with van der Waals surface area (Å²) in [5.74, 6) is -2.27. The quantitative estimate of drug-likeness (QED) is 0.772. The zero-order chi connectivity index (χ0) is 16.1. The molecule has 118 valence electrons. The molecular formula is C14H13F2NO5. The Morgan fingerprint density at radius 3 is 2.64 bits per heavy atom. The average Bonchev–Trinajstić information content (AvgIpc) is 2.90. The Bertz CT molecular complexity index is 590. The molecular weight excluding hydrogens is 300 g/mol. The lowest BCUT2D eigenvalue weighted by molar-refractivity contribution is -0.143. The van der Waals surface area contributed by atoms with E-state index >= 15 is 0 Å². The van der Waals surface area contributed by atoms with Crippen LogP contribution in [0.3, 0.4) is 0 Å². The Morgan fingerprint density at radius 1 is 1.27 bits per heavy atom. The van der Waals surface area contributed by atoms with Crippen LogP contribution in [0.4, 0.5) is 8.78 Å². The Kier molecular flexibility index (Phi) is 5.03. The van der Waals surface area contributed by atoms with Gasteiger partial charge in [0, 0.05) is 13.0 Å². The molecule has 6 nitrogen and oxygen atoms in total. The number of para-hydroxylation sites is 1. The third kappa shape index (κ3) is 3.78. The van der Waals surface area contributed by atoms with Crippen LogP contribution in [-0.2, 0) is 14.3 Å². The average molecular weight is 313 g/mol. The molecule has 2 amide bonds. The van der Waals surface area contributed by atoms with Crippen molar-refractivity contribution in [1.82, 2.24) is 4.90 Å². The first-order chi connectivity index (χ1) is 10.5. The Hall–Kier alpha value is -2.51. The Labute approximate surface area is 124 Å². The van der Waals surface area contributed by atoms with Crippen LogP contribution in [0, 0.1) is 0 Å². The van der Waals surface area contributed by atoms with Crippen molar-refractivity contribution in [2.24, 2.45) is 0 Å². The second-order valence-corrected chi connectivity index (χ2v) is 4.49. The number of rotatable bonds is 5. The van der Waals surface area contributed by atoms with E-state index in [0.29, 0.717) is 13.0 Å². The van der Waals surface area contributed by atoms with E-state index in [1.807, 2.05) is 0 Å². The van der Waals surface area contributed by atoms with E-state index in [2.05, 4.69) is 4.74 Å². The number of alkyl halides is 2. The number of carbonyl (C=O) groups excluding carboxylic acids is 3. The molecule has 1 fully saturated rings. The number of carbonyl (C=O) groups is 3. The Balaban J connectivity index is 1.98. The number of amides is 2. The molecule has 1 saturated heterocycles. The molecule has 0 aromatic heterocycles. The smallest absolute Gasteiger partial charge is 0.387 e. The molecule has 0 atom stereocenters. The first-order valence-corrected chi connectivity index (χ1v) is 6.53. The van der Waals surface area contributed by atoms with Gasteiger partial charge in [-0.2, -0.15) is 8.78 Å². The van der Waals surface area contributed by atoms with Crippen molar-refractivity contribution in [2.45, 2.75) is 19.5 Å². The van der Waals surface area contributed by atoms with Crippen molar-refractivity contribution < 1.29 is 32.6 Å². The molecule has 0 aliphatic carbocycles. The van der Waals surface area contributed by atoms with Gasteiger partial charge in [0.05, 0.1) is 0 Å². The minimum Gasteiger partial charge on any atom is -0.452 e. The topological polar surface area (TPSA) is 72.9 Å². The van der Waals surface area contributed by atoms with Crippen molar-refractivity contribution >= 4 is 17.8 Å². The van der Waals surface area contributed by atoms with Crippen molar-refractivity contribution in [1.29, 1.82) is 0 Å². The number of imide groups is 1. The van der Waals surface area contributed by atoms with Crippen LogP contribution in [0.25, 0.3) is 0 Å². The summed E-state index contributed by atoms with van der Waals surface area (Å²) in [7, 11) is 0. The van der Waals surface area contributed by atoms with Crippen molar-refractivity contribution in [3.05, 3.63) is 29.8 Å². The summed E-state index contributed by atoms with van der Waals surface area (Å²) >= 11 is 0. The highest BCUT2D eigenvalue weighted by Gasteiger charge is 2.27. The molecule has 0 bridgehead atoms. The molecule has 1 aromatic carbocycles. The van der Waals surface area contributed by atoms with Crippen LogP contribution in [0.5, 0.6) is 5.75 Å². The van der Waals surface area contributed by atoms with Crippen LogP contribution in [0.1, 0.15) is 23.2 Å². The number of benzene rings is 1. The summed E-state index contributed by atoms with van der Waals surface area (Å²) in [5, 5.41) is 0. The van der Waals surface area contributed by atoms with E-state index in [0.717, 1.165) is 4.90 Å². The minimum absolute atomic E-state index is 0.219. The zero-order valence-corrected chi connectivity index (χ0v) is 11.5. The van der Waals surface area contributed by atoms with Crippen molar-refractivity contribution in [3.8, 4) is 5.75 Å². The van der Waals surface area contributed by atoms with E-state index in [-0.39, 0.29) is 23.6 Å². The van der Waals surface area contributed by atoms with Gasteiger partial charge in [-0.25, -0.2) is 4.79 Å². The molecule has 1 aliphatic rings. The lowest BCUT2D eigenvalue weighted by Gasteiger charge is -2.14. The molecule has 0 saturated carbocycles. The second-order valence-electron chi connectivity index (χ2n) is 4.49. The first kappa shape index (κ1) is 15.9. The van der Waals surface area contributed by atoms with Gasteiger partial charge in [-0.3, -0.25) is 14.5 Å². The fourth-order valence-corrected chi connectivity index (χ4v) is 2.03. The number of esters is 1. The van der Waals surface area contributed by atoms with Crippen molar-refractivity contribution in [2.75, 3.05) is 13.2 Å². The predicted octanol–water partition coefficient (Wildman–Crippen LogP) is 1.59. The number of nitrogens with zero attached hydrogens (tertiary/aromatic N) is 1. The second kappa shape index (κ2) is 6.97. The maximum Gasteiger partial charge on any atom is 0.387 e. The maximum absolute atomic E-state index is 12.3. The van der Waals surface area contributed by atoms with E-state index in [1.54, 1.807) is 0 Å². The molecule has 1 heterocycles. The highest BCUT2D eigenvalue weighted by Crippen LogP contribution is 2.21. The highest BCUT2D eigenvalue weighted by atomic mass is 19.3.